The van der Waals surface area contributed by atoms with Crippen molar-refractivity contribution in [2.24, 2.45) is 0 Å². The Labute approximate surface area is 148 Å². The van der Waals surface area contributed by atoms with Crippen molar-refractivity contribution in [2.75, 3.05) is 16.4 Å². The summed E-state index contributed by atoms with van der Waals surface area (Å²) in [7, 11) is 0. The summed E-state index contributed by atoms with van der Waals surface area (Å²) < 4.78 is 0. The van der Waals surface area contributed by atoms with Gasteiger partial charge >= 0.3 is 0 Å². The van der Waals surface area contributed by atoms with E-state index in [4.69, 9.17) is 11.6 Å². The summed E-state index contributed by atoms with van der Waals surface area (Å²) in [5.41, 5.74) is 2.21. The Balaban J connectivity index is 1.63. The number of carbonyl (C=O) groups is 2. The van der Waals surface area contributed by atoms with Crippen molar-refractivity contribution >= 4 is 46.6 Å². The van der Waals surface area contributed by atoms with Gasteiger partial charge in [0.05, 0.1) is 17.3 Å². The van der Waals surface area contributed by atoms with E-state index in [2.05, 4.69) is 10.6 Å². The van der Waals surface area contributed by atoms with Crippen LogP contribution in [0.1, 0.15) is 15.9 Å². The van der Waals surface area contributed by atoms with Crippen LogP contribution in [0.5, 0.6) is 0 Å². The van der Waals surface area contributed by atoms with Gasteiger partial charge in [0.2, 0.25) is 5.91 Å². The van der Waals surface area contributed by atoms with Gasteiger partial charge in [-0.15, -0.1) is 0 Å². The number of aromatic carboxylic acids is 1. The third kappa shape index (κ3) is 3.66. The maximum absolute atomic E-state index is 12.2. The van der Waals surface area contributed by atoms with E-state index >= 15 is 0 Å². The van der Waals surface area contributed by atoms with Crippen molar-refractivity contribution in [2.45, 2.75) is 11.8 Å². The van der Waals surface area contributed by atoms with Crippen LogP contribution in [-0.2, 0) is 10.5 Å². The number of rotatable bonds is 5. The molecule has 1 amide bonds. The highest BCUT2D eigenvalue weighted by Crippen LogP contribution is 2.29. The fourth-order valence-corrected chi connectivity index (χ4v) is 3.73. The number of halogens is 1. The molecule has 24 heavy (non-hydrogen) atoms. The third-order valence-corrected chi connectivity index (χ3v) is 5.11. The van der Waals surface area contributed by atoms with Crippen molar-refractivity contribution in [1.29, 1.82) is 0 Å². The molecule has 0 aromatic heterocycles. The average molecular weight is 362 g/mol. The van der Waals surface area contributed by atoms with E-state index in [1.165, 1.54) is 12.1 Å². The Morgan fingerprint density at radius 1 is 1.21 bits per heavy atom. The molecule has 0 aliphatic carbocycles. The highest BCUT2D eigenvalue weighted by molar-refractivity contribution is 7.98. The zero-order valence-electron chi connectivity index (χ0n) is 12.5. The fraction of sp³-hybridized carbons (Fsp3) is 0.176. The molecule has 2 N–H and O–H groups in total. The molecular weight excluding hydrogens is 348 g/mol. The van der Waals surface area contributed by atoms with Crippen molar-refractivity contribution in [3.63, 3.8) is 0 Å². The number of hydrogen-bond donors (Lipinski definition) is 2. The zero-order valence-corrected chi connectivity index (χ0v) is 14.1. The van der Waals surface area contributed by atoms with Crippen molar-refractivity contribution in [3.05, 3.63) is 58.6 Å². The molecule has 1 aliphatic rings. The second-order valence-corrected chi connectivity index (χ2v) is 6.78. The Morgan fingerprint density at radius 3 is 2.75 bits per heavy atom. The van der Waals surface area contributed by atoms with Gasteiger partial charge in [-0.05, 0) is 29.3 Å². The van der Waals surface area contributed by atoms with Crippen LogP contribution in [0, 0.1) is 0 Å². The number of carbonyl (C=O) groups excluding carboxylic acids is 2. The van der Waals surface area contributed by atoms with Crippen LogP contribution < -0.4 is 15.7 Å². The van der Waals surface area contributed by atoms with Crippen molar-refractivity contribution in [3.8, 4) is 0 Å². The Morgan fingerprint density at radius 2 is 2.00 bits per heavy atom. The first-order chi connectivity index (χ1) is 11.5. The lowest BCUT2D eigenvalue weighted by Gasteiger charge is -2.27. The van der Waals surface area contributed by atoms with Gasteiger partial charge in [0.1, 0.15) is 6.04 Å². The fourth-order valence-electron chi connectivity index (χ4n) is 2.39. The number of amides is 1. The largest absolute Gasteiger partial charge is 0.545 e. The number of hydrogen-bond acceptors (Lipinski definition) is 5. The van der Waals surface area contributed by atoms with Gasteiger partial charge in [-0.1, -0.05) is 35.9 Å². The normalized spacial score (nSPS) is 16.0. The lowest BCUT2D eigenvalue weighted by atomic mass is 10.1. The predicted octanol–water partition coefficient (Wildman–Crippen LogP) is 2.37. The third-order valence-electron chi connectivity index (χ3n) is 3.66. The molecule has 1 atom stereocenters. The molecule has 0 fully saturated rings. The maximum Gasteiger partial charge on any atom is 0.247 e. The molecule has 2 aromatic carbocycles. The second-order valence-electron chi connectivity index (χ2n) is 5.34. The summed E-state index contributed by atoms with van der Waals surface area (Å²) in [6, 6.07) is 11.7. The molecule has 1 heterocycles. The Bertz CT molecular complexity index is 797. The van der Waals surface area contributed by atoms with E-state index in [0.29, 0.717) is 27.9 Å². The average Bonchev–Trinajstić information content (AvgIpc) is 2.56. The maximum atomic E-state index is 12.2. The summed E-state index contributed by atoms with van der Waals surface area (Å²) >= 11 is 7.72. The molecule has 0 bridgehead atoms. The molecular formula is C17H14ClN2O3S-. The van der Waals surface area contributed by atoms with Crippen LogP contribution in [0.15, 0.2) is 42.5 Å². The van der Waals surface area contributed by atoms with E-state index in [-0.39, 0.29) is 11.5 Å². The van der Waals surface area contributed by atoms with Crippen LogP contribution >= 0.6 is 23.4 Å². The van der Waals surface area contributed by atoms with Gasteiger partial charge < -0.3 is 20.5 Å². The monoisotopic (exact) mass is 361 g/mol. The number of nitrogens with one attached hydrogen (secondary N) is 2. The van der Waals surface area contributed by atoms with Crippen LogP contribution in [-0.4, -0.2) is 23.7 Å². The molecule has 0 saturated heterocycles. The van der Waals surface area contributed by atoms with Gasteiger partial charge in [0, 0.05) is 16.5 Å². The zero-order chi connectivity index (χ0) is 17.1. The highest BCUT2D eigenvalue weighted by Gasteiger charge is 2.25. The van der Waals surface area contributed by atoms with Crippen LogP contribution in [0.2, 0.25) is 5.02 Å². The molecule has 124 valence electrons. The van der Waals surface area contributed by atoms with Gasteiger partial charge in [0.25, 0.3) is 0 Å². The molecule has 0 unspecified atom stereocenters. The summed E-state index contributed by atoms with van der Waals surface area (Å²) in [6.45, 7) is 0. The highest BCUT2D eigenvalue weighted by atomic mass is 35.5. The van der Waals surface area contributed by atoms with E-state index in [9.17, 15) is 14.7 Å². The lowest BCUT2D eigenvalue weighted by Crippen LogP contribution is -2.40. The van der Waals surface area contributed by atoms with Gasteiger partial charge in [-0.25, -0.2) is 0 Å². The number of carboxylic acid groups (broad SMARTS) is 1. The van der Waals surface area contributed by atoms with E-state index in [0.717, 1.165) is 5.56 Å². The molecule has 0 spiro atoms. The summed E-state index contributed by atoms with van der Waals surface area (Å²) in [5.74, 6) is -0.186. The predicted molar refractivity (Wildman–Crippen MR) is 94.4 cm³/mol. The molecule has 2 aromatic rings. The molecule has 0 radical (unpaired) electrons. The van der Waals surface area contributed by atoms with E-state index in [1.807, 2.05) is 24.3 Å². The Hall–Kier alpha value is -2.18. The van der Waals surface area contributed by atoms with E-state index < -0.39 is 12.0 Å². The summed E-state index contributed by atoms with van der Waals surface area (Å²) in [5, 5.41) is 17.5. The first kappa shape index (κ1) is 16.7. The smallest absolute Gasteiger partial charge is 0.247 e. The van der Waals surface area contributed by atoms with Crippen LogP contribution in [0.3, 0.4) is 0 Å². The minimum absolute atomic E-state index is 0.0300. The van der Waals surface area contributed by atoms with Gasteiger partial charge in [-0.2, -0.15) is 11.8 Å². The second kappa shape index (κ2) is 7.15. The topological polar surface area (TPSA) is 81.3 Å². The molecule has 1 aliphatic heterocycles. The van der Waals surface area contributed by atoms with Gasteiger partial charge in [-0.3, -0.25) is 4.79 Å². The number of carboxylic acids is 1. The van der Waals surface area contributed by atoms with Crippen LogP contribution in [0.25, 0.3) is 0 Å². The van der Waals surface area contributed by atoms with Crippen molar-refractivity contribution < 1.29 is 14.7 Å². The number of thioether (sulfide) groups is 1. The minimum Gasteiger partial charge on any atom is -0.545 e. The van der Waals surface area contributed by atoms with E-state index in [1.54, 1.807) is 17.8 Å². The Kier molecular flexibility index (Phi) is 4.97. The SMILES string of the molecule is O=C([O-])c1ccc2c(c1)NC(=O)[C@H](CSCc1ccccc1Cl)N2. The lowest BCUT2D eigenvalue weighted by molar-refractivity contribution is -0.255. The molecule has 5 nitrogen and oxygen atoms in total. The standard InChI is InChI=1S/C17H15ClN2O3S/c18-12-4-2-1-3-11(12)8-24-9-15-16(21)20-14-7-10(17(22)23)5-6-13(14)19-15/h1-7,15,19H,8-9H2,(H,20,21)(H,22,23)/p-1/t15-/m0/s1. The van der Waals surface area contributed by atoms with Crippen molar-refractivity contribution in [1.82, 2.24) is 0 Å². The molecule has 0 saturated carbocycles. The molecule has 7 heteroatoms. The first-order valence-electron chi connectivity index (χ1n) is 7.28. The van der Waals surface area contributed by atoms with Crippen LogP contribution in [0.4, 0.5) is 11.4 Å². The minimum atomic E-state index is -1.27. The number of benzene rings is 2. The number of fused-ring (bicyclic) bond motifs is 1. The first-order valence-corrected chi connectivity index (χ1v) is 8.82. The summed E-state index contributed by atoms with van der Waals surface area (Å²) in [4.78, 5) is 23.0. The van der Waals surface area contributed by atoms with Gasteiger partial charge in [0.15, 0.2) is 0 Å². The quantitative estimate of drug-likeness (QED) is 0.854. The number of anilines is 2. The summed E-state index contributed by atoms with van der Waals surface area (Å²) in [6.07, 6.45) is 0. The molecule has 3 rings (SSSR count).